The van der Waals surface area contributed by atoms with Crippen molar-refractivity contribution in [2.45, 2.75) is 51.2 Å². The molecule has 1 amide bonds. The minimum absolute atomic E-state index is 0.0943. The lowest BCUT2D eigenvalue weighted by Crippen LogP contribution is -2.55. The Balaban J connectivity index is 1.35. The van der Waals surface area contributed by atoms with Crippen LogP contribution in [0.2, 0.25) is 0 Å². The summed E-state index contributed by atoms with van der Waals surface area (Å²) in [7, 11) is 2.16. The van der Waals surface area contributed by atoms with Gasteiger partial charge >= 0.3 is 6.01 Å². The maximum atomic E-state index is 12.6. The molecule has 2 aromatic carbocycles. The third kappa shape index (κ3) is 5.40. The van der Waals surface area contributed by atoms with Crippen molar-refractivity contribution in [3.05, 3.63) is 66.4 Å². The molecule has 2 unspecified atom stereocenters. The molecule has 3 atom stereocenters. The van der Waals surface area contributed by atoms with E-state index in [0.717, 1.165) is 43.0 Å². The zero-order valence-corrected chi connectivity index (χ0v) is 25.5. The van der Waals surface area contributed by atoms with E-state index in [2.05, 4.69) is 90.7 Å². The van der Waals surface area contributed by atoms with Crippen molar-refractivity contribution in [1.29, 1.82) is 5.26 Å². The number of benzene rings is 2. The SMILES string of the molecule is C=CC(=O)N1CCN(c2nc(OC[C@]3(C)C(C)CCN3C)nc3c2CCN(c2cccc4ccccc24)C3)CC1CC#N. The van der Waals surface area contributed by atoms with Crippen LogP contribution >= 0.6 is 0 Å². The standard InChI is InChI=1S/C34H41N7O2/c1-5-31(42)41-20-19-40(21-26(41)13-16-35)32-28-15-18-39(30-12-8-10-25-9-6-7-11-27(25)30)22-29(28)36-33(37-32)43-23-34(3)24(2)14-17-38(34)4/h5-12,24,26H,1,13-15,17-23H2,2-4H3/t24?,26?,34-/m1/s1. The van der Waals surface area contributed by atoms with Crippen molar-refractivity contribution in [1.82, 2.24) is 19.8 Å². The van der Waals surface area contributed by atoms with Gasteiger partial charge in [-0.25, -0.2) is 0 Å². The summed E-state index contributed by atoms with van der Waals surface area (Å²) in [6.07, 6.45) is 3.52. The monoisotopic (exact) mass is 579 g/mol. The van der Waals surface area contributed by atoms with Gasteiger partial charge in [-0.15, -0.1) is 0 Å². The van der Waals surface area contributed by atoms with Crippen LogP contribution in [0.3, 0.4) is 0 Å². The Labute approximate surface area is 254 Å². The summed E-state index contributed by atoms with van der Waals surface area (Å²) in [5, 5.41) is 12.0. The van der Waals surface area contributed by atoms with Gasteiger partial charge < -0.3 is 19.4 Å². The van der Waals surface area contributed by atoms with Crippen molar-refractivity contribution < 1.29 is 9.53 Å². The van der Waals surface area contributed by atoms with Crippen LogP contribution in [0.4, 0.5) is 11.5 Å². The maximum absolute atomic E-state index is 12.6. The van der Waals surface area contributed by atoms with Gasteiger partial charge in [0.25, 0.3) is 0 Å². The number of hydrogen-bond acceptors (Lipinski definition) is 8. The van der Waals surface area contributed by atoms with Crippen molar-refractivity contribution in [2.75, 3.05) is 56.2 Å². The van der Waals surface area contributed by atoms with Crippen molar-refractivity contribution in [3.8, 4) is 12.1 Å². The molecule has 0 N–H and O–H groups in total. The van der Waals surface area contributed by atoms with Crippen LogP contribution in [-0.2, 0) is 17.8 Å². The molecule has 4 heterocycles. The quantitative estimate of drug-likeness (QED) is 0.380. The third-order valence-corrected chi connectivity index (χ3v) is 10.0. The number of rotatable bonds is 7. The molecule has 3 aliphatic heterocycles. The number of fused-ring (bicyclic) bond motifs is 2. The predicted molar refractivity (Wildman–Crippen MR) is 169 cm³/mol. The fourth-order valence-corrected chi connectivity index (χ4v) is 6.93. The van der Waals surface area contributed by atoms with E-state index in [1.54, 1.807) is 4.90 Å². The Bertz CT molecular complexity index is 1550. The summed E-state index contributed by atoms with van der Waals surface area (Å²) in [6, 6.07) is 17.4. The molecule has 0 saturated carbocycles. The molecule has 0 spiro atoms. The van der Waals surface area contributed by atoms with Gasteiger partial charge in [-0.2, -0.15) is 15.2 Å². The lowest BCUT2D eigenvalue weighted by Gasteiger charge is -2.42. The normalized spacial score (nSPS) is 24.1. The van der Waals surface area contributed by atoms with E-state index >= 15 is 0 Å². The molecule has 3 aromatic rings. The second-order valence-electron chi connectivity index (χ2n) is 12.4. The number of nitrogens with zero attached hydrogens (tertiary/aromatic N) is 7. The number of piperazine rings is 1. The van der Waals surface area contributed by atoms with E-state index in [1.807, 2.05) is 0 Å². The van der Waals surface area contributed by atoms with Crippen molar-refractivity contribution >= 4 is 28.2 Å². The Kier molecular flexibility index (Phi) is 7.97. The Morgan fingerprint density at radius 1 is 1.14 bits per heavy atom. The number of hydrogen-bond donors (Lipinski definition) is 0. The fourth-order valence-electron chi connectivity index (χ4n) is 6.93. The number of carbonyl (C=O) groups excluding carboxylic acids is 1. The largest absolute Gasteiger partial charge is 0.461 e. The highest BCUT2D eigenvalue weighted by molar-refractivity contribution is 5.94. The van der Waals surface area contributed by atoms with Gasteiger partial charge in [-0.05, 0) is 56.8 Å². The molecule has 43 heavy (non-hydrogen) atoms. The van der Waals surface area contributed by atoms with Crippen LogP contribution in [0.1, 0.15) is 37.9 Å². The van der Waals surface area contributed by atoms with Crippen molar-refractivity contribution in [2.24, 2.45) is 5.92 Å². The number of anilines is 2. The highest BCUT2D eigenvalue weighted by Gasteiger charge is 2.41. The first-order valence-corrected chi connectivity index (χ1v) is 15.3. The number of aromatic nitrogens is 2. The molecule has 2 saturated heterocycles. The number of carbonyl (C=O) groups is 1. The third-order valence-electron chi connectivity index (χ3n) is 10.0. The van der Waals surface area contributed by atoms with Crippen LogP contribution in [0.25, 0.3) is 10.8 Å². The Morgan fingerprint density at radius 2 is 1.95 bits per heavy atom. The van der Waals surface area contributed by atoms with E-state index in [0.29, 0.717) is 44.7 Å². The number of ether oxygens (including phenoxy) is 1. The van der Waals surface area contributed by atoms with Crippen LogP contribution in [0, 0.1) is 17.2 Å². The van der Waals surface area contributed by atoms with Gasteiger partial charge in [0.15, 0.2) is 0 Å². The first-order chi connectivity index (χ1) is 20.8. The van der Waals surface area contributed by atoms with Gasteiger partial charge in [0.2, 0.25) is 5.91 Å². The molecular weight excluding hydrogens is 538 g/mol. The second kappa shape index (κ2) is 11.8. The van der Waals surface area contributed by atoms with Gasteiger partial charge in [0.1, 0.15) is 12.4 Å². The lowest BCUT2D eigenvalue weighted by atomic mass is 9.89. The molecule has 9 heteroatoms. The van der Waals surface area contributed by atoms with Gasteiger partial charge in [-0.3, -0.25) is 9.69 Å². The van der Waals surface area contributed by atoms with Gasteiger partial charge in [0.05, 0.1) is 36.3 Å². The fraction of sp³-hybridized carbons (Fsp3) is 0.471. The first-order valence-electron chi connectivity index (χ1n) is 15.3. The van der Waals surface area contributed by atoms with E-state index in [9.17, 15) is 10.1 Å². The molecule has 3 aliphatic rings. The van der Waals surface area contributed by atoms with E-state index in [1.165, 1.54) is 22.5 Å². The smallest absolute Gasteiger partial charge is 0.318 e. The van der Waals surface area contributed by atoms with E-state index < -0.39 is 0 Å². The van der Waals surface area contributed by atoms with Crippen LogP contribution in [0.15, 0.2) is 55.1 Å². The highest BCUT2D eigenvalue weighted by atomic mass is 16.5. The Morgan fingerprint density at radius 3 is 2.72 bits per heavy atom. The lowest BCUT2D eigenvalue weighted by molar-refractivity contribution is -0.128. The summed E-state index contributed by atoms with van der Waals surface area (Å²) in [5.41, 5.74) is 3.20. The molecular formula is C34H41N7O2. The molecule has 1 aromatic heterocycles. The zero-order valence-electron chi connectivity index (χ0n) is 25.5. The topological polar surface area (TPSA) is 88.8 Å². The number of likely N-dealkylation sites (N-methyl/N-ethyl adjacent to an activating group) is 1. The number of nitriles is 1. The summed E-state index contributed by atoms with van der Waals surface area (Å²) in [5.74, 6) is 1.23. The second-order valence-corrected chi connectivity index (χ2v) is 12.4. The molecule has 0 aliphatic carbocycles. The summed E-state index contributed by atoms with van der Waals surface area (Å²) in [4.78, 5) is 31.4. The summed E-state index contributed by atoms with van der Waals surface area (Å²) in [6.45, 7) is 12.9. The zero-order chi connectivity index (χ0) is 30.1. The van der Waals surface area contributed by atoms with Crippen LogP contribution < -0.4 is 14.5 Å². The predicted octanol–water partition coefficient (Wildman–Crippen LogP) is 4.42. The molecule has 0 radical (unpaired) electrons. The summed E-state index contributed by atoms with van der Waals surface area (Å²) < 4.78 is 6.45. The van der Waals surface area contributed by atoms with Gasteiger partial charge in [0, 0.05) is 42.8 Å². The minimum atomic E-state index is -0.234. The highest BCUT2D eigenvalue weighted by Crippen LogP contribution is 2.36. The molecule has 9 nitrogen and oxygen atoms in total. The van der Waals surface area contributed by atoms with E-state index in [-0.39, 0.29) is 23.9 Å². The van der Waals surface area contributed by atoms with Gasteiger partial charge in [-0.1, -0.05) is 49.9 Å². The average Bonchev–Trinajstić information content (AvgIpc) is 3.29. The number of likely N-dealkylation sites (tertiary alicyclic amines) is 1. The summed E-state index contributed by atoms with van der Waals surface area (Å²) >= 11 is 0. The van der Waals surface area contributed by atoms with Crippen LogP contribution in [-0.4, -0.2) is 83.6 Å². The first kappa shape index (κ1) is 28.9. The maximum Gasteiger partial charge on any atom is 0.318 e. The molecule has 2 fully saturated rings. The van der Waals surface area contributed by atoms with Crippen LogP contribution in [0.5, 0.6) is 6.01 Å². The molecule has 6 rings (SSSR count). The van der Waals surface area contributed by atoms with Crippen molar-refractivity contribution in [3.63, 3.8) is 0 Å². The number of amides is 1. The molecule has 224 valence electrons. The molecule has 0 bridgehead atoms. The van der Waals surface area contributed by atoms with E-state index in [4.69, 9.17) is 14.7 Å². The minimum Gasteiger partial charge on any atom is -0.461 e. The Hall–Kier alpha value is -4.16. The average molecular weight is 580 g/mol.